The molecule has 0 atom stereocenters. The molecule has 0 aliphatic rings. The van der Waals surface area contributed by atoms with E-state index in [0.717, 1.165) is 0 Å². The number of carboxylic acid groups (broad SMARTS) is 1. The summed E-state index contributed by atoms with van der Waals surface area (Å²) in [5.41, 5.74) is 1.03. The molecule has 0 fully saturated rings. The molecule has 22 heavy (non-hydrogen) atoms. The van der Waals surface area contributed by atoms with Crippen LogP contribution in [-0.4, -0.2) is 36.1 Å². The fourth-order valence-corrected chi connectivity index (χ4v) is 1.56. The summed E-state index contributed by atoms with van der Waals surface area (Å²) in [4.78, 5) is 33.6. The molecular weight excluding hydrogens is 286 g/mol. The fraction of sp³-hybridized carbons (Fsp3) is 0.400. The van der Waals surface area contributed by atoms with Gasteiger partial charge in [-0.25, -0.2) is 4.79 Å². The lowest BCUT2D eigenvalue weighted by molar-refractivity contribution is -0.136. The number of aliphatic carboxylic acids is 1. The monoisotopic (exact) mass is 307 g/mol. The van der Waals surface area contributed by atoms with Gasteiger partial charge in [-0.2, -0.15) is 0 Å². The molecule has 1 aromatic rings. The van der Waals surface area contributed by atoms with Gasteiger partial charge >= 0.3 is 12.0 Å². The van der Waals surface area contributed by atoms with E-state index in [2.05, 4.69) is 16.0 Å². The Balaban J connectivity index is 2.45. The van der Waals surface area contributed by atoms with E-state index < -0.39 is 12.0 Å². The van der Waals surface area contributed by atoms with Crippen molar-refractivity contribution in [2.24, 2.45) is 5.92 Å². The number of hydrogen-bond donors (Lipinski definition) is 4. The van der Waals surface area contributed by atoms with Crippen molar-refractivity contribution < 1.29 is 19.5 Å². The van der Waals surface area contributed by atoms with Crippen LogP contribution in [0.3, 0.4) is 0 Å². The van der Waals surface area contributed by atoms with Gasteiger partial charge in [0.25, 0.3) is 5.91 Å². The normalized spacial score (nSPS) is 10.1. The number of benzene rings is 1. The van der Waals surface area contributed by atoms with Crippen molar-refractivity contribution in [2.45, 2.75) is 20.3 Å². The molecule has 0 saturated heterocycles. The van der Waals surface area contributed by atoms with Crippen LogP contribution in [0.25, 0.3) is 0 Å². The summed E-state index contributed by atoms with van der Waals surface area (Å²) in [5.74, 6) is -0.761. The lowest BCUT2D eigenvalue weighted by Crippen LogP contribution is -2.30. The number of urea groups is 1. The number of carboxylic acids is 1. The molecule has 1 rings (SSSR count). The number of hydrogen-bond acceptors (Lipinski definition) is 3. The lowest BCUT2D eigenvalue weighted by Gasteiger charge is -2.09. The van der Waals surface area contributed by atoms with Crippen LogP contribution in [-0.2, 0) is 4.79 Å². The van der Waals surface area contributed by atoms with Crippen LogP contribution in [0.15, 0.2) is 24.3 Å². The summed E-state index contributed by atoms with van der Waals surface area (Å²) < 4.78 is 0. The number of amides is 3. The highest BCUT2D eigenvalue weighted by molar-refractivity contribution is 5.95. The van der Waals surface area contributed by atoms with Gasteiger partial charge in [0.2, 0.25) is 0 Å². The Morgan fingerprint density at radius 3 is 2.27 bits per heavy atom. The Morgan fingerprint density at radius 2 is 1.73 bits per heavy atom. The smallest absolute Gasteiger partial charge is 0.319 e. The topological polar surface area (TPSA) is 108 Å². The molecule has 0 radical (unpaired) electrons. The third-order valence-electron chi connectivity index (χ3n) is 2.70. The number of nitrogens with one attached hydrogen (secondary N) is 3. The second kappa shape index (κ2) is 8.66. The van der Waals surface area contributed by atoms with Gasteiger partial charge in [0, 0.05) is 24.3 Å². The number of carbonyl (C=O) groups excluding carboxylic acids is 2. The van der Waals surface area contributed by atoms with Crippen LogP contribution in [0.2, 0.25) is 0 Å². The Kier molecular flexibility index (Phi) is 6.88. The predicted molar refractivity (Wildman–Crippen MR) is 82.9 cm³/mol. The molecular formula is C15H21N3O4. The zero-order valence-corrected chi connectivity index (χ0v) is 12.7. The standard InChI is InChI=1S/C15H21N3O4/c1-10(2)9-17-14(21)11-3-5-12(6-4-11)18-15(22)16-8-7-13(19)20/h3-6,10H,7-9H2,1-2H3,(H,17,21)(H,19,20)(H2,16,18,22). The molecule has 0 spiro atoms. The van der Waals surface area contributed by atoms with Gasteiger partial charge in [-0.1, -0.05) is 13.8 Å². The maximum atomic E-state index is 11.8. The molecule has 3 amide bonds. The minimum atomic E-state index is -0.975. The Morgan fingerprint density at radius 1 is 1.09 bits per heavy atom. The van der Waals surface area contributed by atoms with Crippen molar-refractivity contribution in [1.82, 2.24) is 10.6 Å². The molecule has 0 bridgehead atoms. The first kappa shape index (κ1) is 17.5. The van der Waals surface area contributed by atoms with Gasteiger partial charge in [0.1, 0.15) is 0 Å². The molecule has 0 unspecified atom stereocenters. The average Bonchev–Trinajstić information content (AvgIpc) is 2.45. The molecule has 7 heteroatoms. The Labute approximate surface area is 129 Å². The second-order valence-corrected chi connectivity index (χ2v) is 5.21. The Hall–Kier alpha value is -2.57. The molecule has 7 nitrogen and oxygen atoms in total. The highest BCUT2D eigenvalue weighted by atomic mass is 16.4. The zero-order chi connectivity index (χ0) is 16.5. The van der Waals surface area contributed by atoms with E-state index >= 15 is 0 Å². The van der Waals surface area contributed by atoms with E-state index in [-0.39, 0.29) is 18.9 Å². The summed E-state index contributed by atoms with van der Waals surface area (Å²) >= 11 is 0. The summed E-state index contributed by atoms with van der Waals surface area (Å²) in [6.45, 7) is 4.67. The number of anilines is 1. The average molecular weight is 307 g/mol. The SMILES string of the molecule is CC(C)CNC(=O)c1ccc(NC(=O)NCCC(=O)O)cc1. The zero-order valence-electron chi connectivity index (χ0n) is 12.7. The molecule has 1 aromatic carbocycles. The van der Waals surface area contributed by atoms with Gasteiger partial charge in [0.15, 0.2) is 0 Å². The van der Waals surface area contributed by atoms with Gasteiger partial charge in [-0.05, 0) is 30.2 Å². The third kappa shape index (κ3) is 6.74. The molecule has 0 saturated carbocycles. The van der Waals surface area contributed by atoms with Crippen molar-refractivity contribution in [1.29, 1.82) is 0 Å². The largest absolute Gasteiger partial charge is 0.481 e. The first-order chi connectivity index (χ1) is 10.4. The minimum Gasteiger partial charge on any atom is -0.481 e. The van der Waals surface area contributed by atoms with E-state index in [4.69, 9.17) is 5.11 Å². The molecule has 0 aliphatic heterocycles. The molecule has 0 aromatic heterocycles. The van der Waals surface area contributed by atoms with Crippen molar-refractivity contribution in [3.8, 4) is 0 Å². The highest BCUT2D eigenvalue weighted by Crippen LogP contribution is 2.09. The van der Waals surface area contributed by atoms with Crippen molar-refractivity contribution in [3.05, 3.63) is 29.8 Å². The Bertz CT molecular complexity index is 526. The van der Waals surface area contributed by atoms with Gasteiger partial charge in [-0.15, -0.1) is 0 Å². The van der Waals surface area contributed by atoms with Gasteiger partial charge in [-0.3, -0.25) is 9.59 Å². The van der Waals surface area contributed by atoms with Crippen LogP contribution in [0.4, 0.5) is 10.5 Å². The van der Waals surface area contributed by atoms with E-state index in [9.17, 15) is 14.4 Å². The molecule has 4 N–H and O–H groups in total. The fourth-order valence-electron chi connectivity index (χ4n) is 1.56. The summed E-state index contributed by atoms with van der Waals surface area (Å²) in [5, 5.41) is 16.2. The van der Waals surface area contributed by atoms with E-state index in [1.165, 1.54) is 0 Å². The number of carbonyl (C=O) groups is 3. The van der Waals surface area contributed by atoms with Crippen LogP contribution < -0.4 is 16.0 Å². The molecule has 0 aliphatic carbocycles. The first-order valence-electron chi connectivity index (χ1n) is 7.03. The van der Waals surface area contributed by atoms with Crippen molar-refractivity contribution in [2.75, 3.05) is 18.4 Å². The van der Waals surface area contributed by atoms with Gasteiger partial charge in [0.05, 0.1) is 6.42 Å². The third-order valence-corrected chi connectivity index (χ3v) is 2.70. The molecule has 0 heterocycles. The first-order valence-corrected chi connectivity index (χ1v) is 7.03. The van der Waals surface area contributed by atoms with Crippen LogP contribution in [0, 0.1) is 5.92 Å². The van der Waals surface area contributed by atoms with E-state index in [1.54, 1.807) is 24.3 Å². The van der Waals surface area contributed by atoms with E-state index in [1.807, 2.05) is 13.8 Å². The maximum Gasteiger partial charge on any atom is 0.319 e. The van der Waals surface area contributed by atoms with Crippen LogP contribution >= 0.6 is 0 Å². The van der Waals surface area contributed by atoms with Gasteiger partial charge < -0.3 is 21.1 Å². The minimum absolute atomic E-state index is 0.0524. The highest BCUT2D eigenvalue weighted by Gasteiger charge is 2.07. The summed E-state index contributed by atoms with van der Waals surface area (Å²) in [7, 11) is 0. The lowest BCUT2D eigenvalue weighted by atomic mass is 10.1. The second-order valence-electron chi connectivity index (χ2n) is 5.21. The maximum absolute atomic E-state index is 11.8. The van der Waals surface area contributed by atoms with Crippen LogP contribution in [0.1, 0.15) is 30.6 Å². The number of rotatable bonds is 7. The van der Waals surface area contributed by atoms with E-state index in [0.29, 0.717) is 23.7 Å². The molecule has 120 valence electrons. The summed E-state index contributed by atoms with van der Waals surface area (Å²) in [6.07, 6.45) is -0.137. The quantitative estimate of drug-likeness (QED) is 0.614. The van der Waals surface area contributed by atoms with Crippen molar-refractivity contribution in [3.63, 3.8) is 0 Å². The van der Waals surface area contributed by atoms with Crippen LogP contribution in [0.5, 0.6) is 0 Å². The van der Waals surface area contributed by atoms with Crippen molar-refractivity contribution >= 4 is 23.6 Å². The summed E-state index contributed by atoms with van der Waals surface area (Å²) in [6, 6.07) is 5.96. The predicted octanol–water partition coefficient (Wildman–Crippen LogP) is 1.67.